The van der Waals surface area contributed by atoms with Crippen LogP contribution in [0.4, 0.5) is 11.4 Å². The lowest BCUT2D eigenvalue weighted by Crippen LogP contribution is -2.07. The number of carbonyl (C=O) groups is 1. The van der Waals surface area contributed by atoms with Crippen LogP contribution in [0.5, 0.6) is 0 Å². The van der Waals surface area contributed by atoms with Crippen LogP contribution < -0.4 is 5.32 Å². The van der Waals surface area contributed by atoms with Crippen molar-refractivity contribution in [1.29, 1.82) is 0 Å². The van der Waals surface area contributed by atoms with Gasteiger partial charge in [-0.3, -0.25) is 19.6 Å². The summed E-state index contributed by atoms with van der Waals surface area (Å²) in [6, 6.07) is 5.92. The number of carbonyl (C=O) groups excluding carboxylic acids is 1. The number of aromatic nitrogens is 2. The van der Waals surface area contributed by atoms with Gasteiger partial charge in [-0.1, -0.05) is 5.92 Å². The van der Waals surface area contributed by atoms with Crippen LogP contribution in [0, 0.1) is 28.9 Å². The number of non-ortho nitro benzene ring substituents is 1. The first kappa shape index (κ1) is 15.3. The highest BCUT2D eigenvalue weighted by Crippen LogP contribution is 2.18. The van der Waals surface area contributed by atoms with Crippen molar-refractivity contribution in [3.63, 3.8) is 0 Å². The average Bonchev–Trinajstić information content (AvgIpc) is 2.73. The van der Waals surface area contributed by atoms with Gasteiger partial charge in [0.2, 0.25) is 5.91 Å². The number of nitro benzene ring substituents is 1. The molecule has 22 heavy (non-hydrogen) atoms. The average molecular weight is 298 g/mol. The maximum Gasteiger partial charge on any atom is 0.269 e. The SMILES string of the molecule is CC(=O)Nc1c(C#Cc2ccc([N+](=O)[O-])cc2)nn(C)c1C. The van der Waals surface area contributed by atoms with Crippen LogP contribution in [-0.4, -0.2) is 20.6 Å². The first-order valence-electron chi connectivity index (χ1n) is 6.46. The Labute approximate surface area is 127 Å². The Morgan fingerprint density at radius 3 is 2.50 bits per heavy atom. The molecule has 1 heterocycles. The van der Waals surface area contributed by atoms with Gasteiger partial charge in [0.25, 0.3) is 5.69 Å². The first-order chi connectivity index (χ1) is 10.4. The third kappa shape index (κ3) is 3.30. The molecule has 1 N–H and O–H groups in total. The molecule has 1 amide bonds. The molecule has 0 saturated heterocycles. The molecule has 0 atom stereocenters. The Bertz CT molecular complexity index is 795. The molecule has 7 heteroatoms. The molecule has 0 fully saturated rings. The number of nitrogens with zero attached hydrogens (tertiary/aromatic N) is 3. The van der Waals surface area contributed by atoms with Crippen LogP contribution >= 0.6 is 0 Å². The number of anilines is 1. The maximum absolute atomic E-state index is 11.2. The van der Waals surface area contributed by atoms with E-state index in [9.17, 15) is 14.9 Å². The standard InChI is InChI=1S/C15H14N4O3/c1-10-15(16-11(2)20)14(17-18(10)3)9-6-12-4-7-13(8-5-12)19(21)22/h4-5,7-8H,1-3H3,(H,16,20). The maximum atomic E-state index is 11.2. The predicted molar refractivity (Wildman–Crippen MR) is 81.3 cm³/mol. The number of nitrogens with one attached hydrogen (secondary N) is 1. The van der Waals surface area contributed by atoms with Crippen LogP contribution in [-0.2, 0) is 11.8 Å². The minimum atomic E-state index is -0.464. The normalized spacial score (nSPS) is 9.77. The summed E-state index contributed by atoms with van der Waals surface area (Å²) in [7, 11) is 1.76. The Morgan fingerprint density at radius 1 is 1.32 bits per heavy atom. The van der Waals surface area contributed by atoms with E-state index in [0.29, 0.717) is 16.9 Å². The lowest BCUT2D eigenvalue weighted by atomic mass is 10.2. The number of amides is 1. The van der Waals surface area contributed by atoms with E-state index in [1.54, 1.807) is 23.9 Å². The van der Waals surface area contributed by atoms with Crippen molar-refractivity contribution in [2.45, 2.75) is 13.8 Å². The third-order valence-electron chi connectivity index (χ3n) is 3.04. The molecule has 1 aromatic heterocycles. The van der Waals surface area contributed by atoms with E-state index in [-0.39, 0.29) is 11.6 Å². The summed E-state index contributed by atoms with van der Waals surface area (Å²) >= 11 is 0. The van der Waals surface area contributed by atoms with Gasteiger partial charge in [-0.2, -0.15) is 5.10 Å². The molecule has 112 valence electrons. The molecule has 2 aromatic rings. The summed E-state index contributed by atoms with van der Waals surface area (Å²) in [6.45, 7) is 3.25. The second-order valence-electron chi connectivity index (χ2n) is 4.67. The number of aryl methyl sites for hydroxylation is 1. The van der Waals surface area contributed by atoms with Crippen LogP contribution in [0.2, 0.25) is 0 Å². The van der Waals surface area contributed by atoms with Gasteiger partial charge < -0.3 is 5.32 Å². The van der Waals surface area contributed by atoms with Gasteiger partial charge in [0.15, 0.2) is 5.69 Å². The van der Waals surface area contributed by atoms with Crippen molar-refractivity contribution in [3.8, 4) is 11.8 Å². The van der Waals surface area contributed by atoms with Gasteiger partial charge in [0.1, 0.15) is 0 Å². The monoisotopic (exact) mass is 298 g/mol. The summed E-state index contributed by atoms with van der Waals surface area (Å²) in [5.74, 6) is 5.56. The fourth-order valence-electron chi connectivity index (χ4n) is 1.82. The molecule has 2 rings (SSSR count). The molecule has 0 unspecified atom stereocenters. The highest BCUT2D eigenvalue weighted by Gasteiger charge is 2.12. The third-order valence-corrected chi connectivity index (χ3v) is 3.04. The summed E-state index contributed by atoms with van der Waals surface area (Å²) < 4.78 is 1.63. The van der Waals surface area contributed by atoms with Crippen LogP contribution in [0.1, 0.15) is 23.9 Å². The number of hydrogen-bond donors (Lipinski definition) is 1. The van der Waals surface area contributed by atoms with E-state index in [4.69, 9.17) is 0 Å². The van der Waals surface area contributed by atoms with E-state index in [1.165, 1.54) is 19.1 Å². The van der Waals surface area contributed by atoms with E-state index in [1.807, 2.05) is 6.92 Å². The summed E-state index contributed by atoms with van der Waals surface area (Å²) in [5, 5.41) is 17.5. The molecule has 1 aromatic carbocycles. The topological polar surface area (TPSA) is 90.1 Å². The minimum absolute atomic E-state index is 0.0122. The summed E-state index contributed by atoms with van der Waals surface area (Å²) in [6.07, 6.45) is 0. The van der Waals surface area contributed by atoms with E-state index in [2.05, 4.69) is 22.3 Å². The lowest BCUT2D eigenvalue weighted by Gasteiger charge is -2.00. The molecule has 0 aliphatic carbocycles. The number of hydrogen-bond acceptors (Lipinski definition) is 4. The van der Waals surface area contributed by atoms with Gasteiger partial charge in [-0.05, 0) is 25.0 Å². The number of nitro groups is 1. The van der Waals surface area contributed by atoms with Crippen molar-refractivity contribution >= 4 is 17.3 Å². The van der Waals surface area contributed by atoms with Gasteiger partial charge in [-0.15, -0.1) is 0 Å². The van der Waals surface area contributed by atoms with Crippen molar-refractivity contribution in [1.82, 2.24) is 9.78 Å². The zero-order valence-corrected chi connectivity index (χ0v) is 12.4. The van der Waals surface area contributed by atoms with Crippen LogP contribution in [0.25, 0.3) is 0 Å². The van der Waals surface area contributed by atoms with E-state index in [0.717, 1.165) is 5.69 Å². The number of rotatable bonds is 2. The van der Waals surface area contributed by atoms with Crippen molar-refractivity contribution in [3.05, 3.63) is 51.3 Å². The molecule has 0 spiro atoms. The Hall–Kier alpha value is -3.14. The summed E-state index contributed by atoms with van der Waals surface area (Å²) in [5.41, 5.74) is 2.46. The molecule has 7 nitrogen and oxygen atoms in total. The van der Waals surface area contributed by atoms with Gasteiger partial charge in [0, 0.05) is 31.7 Å². The van der Waals surface area contributed by atoms with E-state index < -0.39 is 4.92 Å². The Morgan fingerprint density at radius 2 is 1.95 bits per heavy atom. The second kappa shape index (κ2) is 6.10. The van der Waals surface area contributed by atoms with Gasteiger partial charge >= 0.3 is 0 Å². The van der Waals surface area contributed by atoms with Crippen molar-refractivity contribution in [2.24, 2.45) is 7.05 Å². The number of benzene rings is 1. The lowest BCUT2D eigenvalue weighted by molar-refractivity contribution is -0.384. The van der Waals surface area contributed by atoms with E-state index >= 15 is 0 Å². The zero-order valence-electron chi connectivity index (χ0n) is 12.4. The molecule has 0 saturated carbocycles. The largest absolute Gasteiger partial charge is 0.322 e. The van der Waals surface area contributed by atoms with Crippen molar-refractivity contribution in [2.75, 3.05) is 5.32 Å². The molecule has 0 radical (unpaired) electrons. The fourth-order valence-corrected chi connectivity index (χ4v) is 1.82. The molecule has 0 aliphatic heterocycles. The molecular formula is C15H14N4O3. The zero-order chi connectivity index (χ0) is 16.3. The van der Waals surface area contributed by atoms with Crippen LogP contribution in [0.15, 0.2) is 24.3 Å². The highest BCUT2D eigenvalue weighted by molar-refractivity contribution is 5.90. The first-order valence-corrected chi connectivity index (χ1v) is 6.46. The molecule has 0 bridgehead atoms. The minimum Gasteiger partial charge on any atom is -0.322 e. The second-order valence-corrected chi connectivity index (χ2v) is 4.67. The van der Waals surface area contributed by atoms with Crippen LogP contribution in [0.3, 0.4) is 0 Å². The highest BCUT2D eigenvalue weighted by atomic mass is 16.6. The predicted octanol–water partition coefficient (Wildman–Crippen LogP) is 1.99. The Balaban J connectivity index is 2.33. The van der Waals surface area contributed by atoms with Crippen molar-refractivity contribution < 1.29 is 9.72 Å². The molecular weight excluding hydrogens is 284 g/mol. The van der Waals surface area contributed by atoms with Gasteiger partial charge in [0.05, 0.1) is 16.3 Å². The van der Waals surface area contributed by atoms with Gasteiger partial charge in [-0.25, -0.2) is 0 Å². The summed E-state index contributed by atoms with van der Waals surface area (Å²) in [4.78, 5) is 21.4. The molecule has 0 aliphatic rings. The smallest absolute Gasteiger partial charge is 0.269 e. The fraction of sp³-hybridized carbons (Fsp3) is 0.200. The quantitative estimate of drug-likeness (QED) is 0.521. The Kier molecular flexibility index (Phi) is 4.23.